The zero-order chi connectivity index (χ0) is 48.3. The summed E-state index contributed by atoms with van der Waals surface area (Å²) >= 11 is 0. The molecular formula is C46H59F3N6O11Si. The highest BCUT2D eigenvalue weighted by atomic mass is 28.3. The topological polar surface area (TPSA) is 188 Å². The summed E-state index contributed by atoms with van der Waals surface area (Å²) in [5.74, 6) is -2.98. The number of fused-ring (bicyclic) bond motifs is 2. The lowest BCUT2D eigenvalue weighted by Gasteiger charge is -2.42. The van der Waals surface area contributed by atoms with Crippen LogP contribution in [0.4, 0.5) is 40.7 Å². The molecule has 2 saturated heterocycles. The monoisotopic (exact) mass is 956 g/mol. The summed E-state index contributed by atoms with van der Waals surface area (Å²) in [5.41, 5.74) is 1.03. The molecule has 3 aliphatic heterocycles. The second kappa shape index (κ2) is 22.7. The molecule has 364 valence electrons. The smallest absolute Gasteiger partial charge is 0.471 e. The van der Waals surface area contributed by atoms with E-state index in [1.807, 2.05) is 0 Å². The normalized spacial score (nSPS) is 18.5. The van der Waals surface area contributed by atoms with Crippen LogP contribution in [0.15, 0.2) is 61.3 Å². The van der Waals surface area contributed by atoms with Gasteiger partial charge < -0.3 is 53.8 Å². The van der Waals surface area contributed by atoms with Gasteiger partial charge in [-0.25, -0.2) is 9.69 Å². The van der Waals surface area contributed by atoms with E-state index < -0.39 is 50.7 Å². The summed E-state index contributed by atoms with van der Waals surface area (Å²) in [7, 11) is 0.195. The Bertz CT molecular complexity index is 2240. The van der Waals surface area contributed by atoms with Crippen molar-refractivity contribution in [1.82, 2.24) is 9.47 Å². The van der Waals surface area contributed by atoms with E-state index in [9.17, 15) is 37.1 Å². The highest BCUT2D eigenvalue weighted by Crippen LogP contribution is 2.42. The van der Waals surface area contributed by atoms with E-state index in [4.69, 9.17) is 28.4 Å². The summed E-state index contributed by atoms with van der Waals surface area (Å²) in [6, 6.07) is 10.1. The van der Waals surface area contributed by atoms with Crippen molar-refractivity contribution in [2.45, 2.75) is 102 Å². The number of benzene rings is 2. The molecule has 21 heteroatoms. The standard InChI is InChI=1S/C46H59F3N6O11Si/c1-6-20-64-45(60)55-35-27-38(62-22-11-13-39(56)50-32-25-36(53(2)28-32)41(57)51-30-15-17-31(18-16-30)52-44(59)46(47,48)49)37(65-29-61-23-24-67(3,4)5)26-33(35)42(58)54-19-9-7-12-34(54)43(55)66-40-14-8-10-21-63-40/h6,15-18,25-28,34,40,43H,1,7-14,19-24,29H2,2-5H3,(H,50,56)(H,51,57)(H,52,59)/t34-,40?,43?/m0/s1. The maximum Gasteiger partial charge on any atom is 0.471 e. The van der Waals surface area contributed by atoms with Crippen LogP contribution in [0, 0.1) is 0 Å². The van der Waals surface area contributed by atoms with Gasteiger partial charge in [-0.15, -0.1) is 0 Å². The van der Waals surface area contributed by atoms with Crippen molar-refractivity contribution in [2.24, 2.45) is 7.05 Å². The van der Waals surface area contributed by atoms with Gasteiger partial charge in [0.25, 0.3) is 11.8 Å². The van der Waals surface area contributed by atoms with Gasteiger partial charge in [-0.3, -0.25) is 19.2 Å². The predicted octanol–water partition coefficient (Wildman–Crippen LogP) is 8.27. The number of aromatic nitrogens is 1. The maximum absolute atomic E-state index is 14.5. The van der Waals surface area contributed by atoms with Crippen molar-refractivity contribution in [1.29, 1.82) is 0 Å². The molecular weight excluding hydrogens is 898 g/mol. The number of rotatable bonds is 19. The molecule has 2 aromatic carbocycles. The zero-order valence-corrected chi connectivity index (χ0v) is 39.2. The summed E-state index contributed by atoms with van der Waals surface area (Å²) in [4.78, 5) is 69.3. The lowest BCUT2D eigenvalue weighted by atomic mass is 10.00. The van der Waals surface area contributed by atoms with E-state index in [1.165, 1.54) is 45.9 Å². The molecule has 2 unspecified atom stereocenters. The van der Waals surface area contributed by atoms with Gasteiger partial charge in [-0.05, 0) is 87.4 Å². The number of alkyl halides is 3. The van der Waals surface area contributed by atoms with Crippen LogP contribution in [0.2, 0.25) is 25.7 Å². The van der Waals surface area contributed by atoms with E-state index in [1.54, 1.807) is 35.6 Å². The van der Waals surface area contributed by atoms with Crippen LogP contribution in [-0.2, 0) is 35.6 Å². The number of nitrogens with zero attached hydrogens (tertiary/aromatic N) is 3. The van der Waals surface area contributed by atoms with Crippen LogP contribution in [-0.4, -0.2) is 112 Å². The van der Waals surface area contributed by atoms with Gasteiger partial charge in [0.05, 0.1) is 29.6 Å². The number of aryl methyl sites for hydroxylation is 1. The Kier molecular flexibility index (Phi) is 17.1. The lowest BCUT2D eigenvalue weighted by molar-refractivity contribution is -0.198. The molecule has 0 spiro atoms. The first-order valence-electron chi connectivity index (χ1n) is 22.3. The Hall–Kier alpha value is -5.90. The molecule has 3 N–H and O–H groups in total. The summed E-state index contributed by atoms with van der Waals surface area (Å²) in [6.45, 7) is 11.6. The number of carbonyl (C=O) groups excluding carboxylic acids is 5. The minimum absolute atomic E-state index is 0.00101. The molecule has 3 aromatic rings. The first kappa shape index (κ1) is 50.5. The number of hydrogen-bond acceptors (Lipinski definition) is 11. The molecule has 1 aromatic heterocycles. The van der Waals surface area contributed by atoms with E-state index in [2.05, 4.69) is 36.9 Å². The molecule has 0 saturated carbocycles. The largest absolute Gasteiger partial charge is 0.490 e. The Balaban J connectivity index is 1.16. The van der Waals surface area contributed by atoms with E-state index in [0.29, 0.717) is 38.3 Å². The average molecular weight is 957 g/mol. The van der Waals surface area contributed by atoms with Crippen LogP contribution in [0.3, 0.4) is 0 Å². The fraction of sp³-hybridized carbons (Fsp3) is 0.500. The van der Waals surface area contributed by atoms with Crippen LogP contribution in [0.25, 0.3) is 0 Å². The number of ether oxygens (including phenoxy) is 6. The van der Waals surface area contributed by atoms with Crippen LogP contribution >= 0.6 is 0 Å². The lowest BCUT2D eigenvalue weighted by Crippen LogP contribution is -2.57. The van der Waals surface area contributed by atoms with Gasteiger partial charge in [-0.2, -0.15) is 13.2 Å². The molecule has 3 atom stereocenters. The van der Waals surface area contributed by atoms with Crippen LogP contribution in [0.5, 0.6) is 11.5 Å². The Morgan fingerprint density at radius 1 is 0.910 bits per heavy atom. The molecule has 4 heterocycles. The molecule has 2 fully saturated rings. The Labute approximate surface area is 388 Å². The van der Waals surface area contributed by atoms with Gasteiger partial charge in [0, 0.05) is 64.9 Å². The van der Waals surface area contributed by atoms with Gasteiger partial charge in [0.15, 0.2) is 30.8 Å². The Morgan fingerprint density at radius 3 is 2.31 bits per heavy atom. The third kappa shape index (κ3) is 13.8. The van der Waals surface area contributed by atoms with Gasteiger partial charge >= 0.3 is 18.2 Å². The highest BCUT2D eigenvalue weighted by Gasteiger charge is 2.47. The van der Waals surface area contributed by atoms with Crippen molar-refractivity contribution in [2.75, 3.05) is 60.6 Å². The first-order chi connectivity index (χ1) is 31.9. The molecule has 6 rings (SSSR count). The van der Waals surface area contributed by atoms with E-state index in [-0.39, 0.29) is 84.5 Å². The van der Waals surface area contributed by atoms with Gasteiger partial charge in [-0.1, -0.05) is 32.3 Å². The van der Waals surface area contributed by atoms with Gasteiger partial charge in [0.2, 0.25) is 5.91 Å². The average Bonchev–Trinajstić information content (AvgIpc) is 3.62. The van der Waals surface area contributed by atoms with E-state index >= 15 is 0 Å². The van der Waals surface area contributed by atoms with Crippen molar-refractivity contribution in [3.05, 3.63) is 72.6 Å². The minimum Gasteiger partial charge on any atom is -0.490 e. The third-order valence-corrected chi connectivity index (χ3v) is 12.9. The second-order valence-electron chi connectivity index (χ2n) is 17.6. The quantitative estimate of drug-likeness (QED) is 0.0454. The van der Waals surface area contributed by atoms with Gasteiger partial charge in [0.1, 0.15) is 12.3 Å². The molecule has 3 aliphatic rings. The van der Waals surface area contributed by atoms with Crippen molar-refractivity contribution in [3.8, 4) is 11.5 Å². The number of anilines is 4. The highest BCUT2D eigenvalue weighted by molar-refractivity contribution is 6.76. The zero-order valence-electron chi connectivity index (χ0n) is 38.2. The van der Waals surface area contributed by atoms with Crippen molar-refractivity contribution in [3.63, 3.8) is 0 Å². The molecule has 17 nitrogen and oxygen atoms in total. The molecule has 67 heavy (non-hydrogen) atoms. The number of halogens is 3. The minimum atomic E-state index is -5.05. The summed E-state index contributed by atoms with van der Waals surface area (Å²) in [6.07, 6.45) is 0.412. The molecule has 5 amide bonds. The number of piperidine rings is 1. The maximum atomic E-state index is 14.5. The van der Waals surface area contributed by atoms with E-state index in [0.717, 1.165) is 31.7 Å². The summed E-state index contributed by atoms with van der Waals surface area (Å²) < 4.78 is 75.8. The van der Waals surface area contributed by atoms with Crippen LogP contribution in [0.1, 0.15) is 72.2 Å². The number of hydrogen-bond donors (Lipinski definition) is 3. The van der Waals surface area contributed by atoms with Crippen molar-refractivity contribution < 1.29 is 65.6 Å². The Morgan fingerprint density at radius 2 is 1.63 bits per heavy atom. The second-order valence-corrected chi connectivity index (χ2v) is 23.2. The SMILES string of the molecule is C=CCOC(=O)N1c2cc(OCCCC(=O)Nc3cc(C(=O)Nc4ccc(NC(=O)C(F)(F)F)cc4)n(C)c3)c(OCOCC[Si](C)(C)C)cc2C(=O)N2CCCC[C@H]2C1OC1CCCCO1. The fourth-order valence-corrected chi connectivity index (χ4v) is 8.47. The number of carbonyl (C=O) groups is 5. The molecule has 0 radical (unpaired) electrons. The first-order valence-corrected chi connectivity index (χ1v) is 26.0. The molecule has 0 bridgehead atoms. The van der Waals surface area contributed by atoms with Crippen molar-refractivity contribution >= 4 is 60.5 Å². The number of amides is 5. The summed E-state index contributed by atoms with van der Waals surface area (Å²) in [5, 5.41) is 7.14. The predicted molar refractivity (Wildman–Crippen MR) is 245 cm³/mol. The molecule has 0 aliphatic carbocycles. The fourth-order valence-electron chi connectivity index (χ4n) is 7.72. The number of nitrogens with one attached hydrogen (secondary N) is 3. The third-order valence-electron chi connectivity index (χ3n) is 11.2. The van der Waals surface area contributed by atoms with Crippen LogP contribution < -0.4 is 30.3 Å².